The highest BCUT2D eigenvalue weighted by Crippen LogP contribution is 2.09. The lowest BCUT2D eigenvalue weighted by molar-refractivity contribution is 0.0998. The smallest absolute Gasteiger partial charge is 0.254 e. The van der Waals surface area contributed by atoms with Crippen LogP contribution in [-0.4, -0.2) is 11.1 Å². The molecule has 0 aliphatic heterocycles. The zero-order valence-electron chi connectivity index (χ0n) is 5.84. The Bertz CT molecular complexity index is 245. The van der Waals surface area contributed by atoms with Gasteiger partial charge in [-0.05, 0) is 13.8 Å². The lowest BCUT2D eigenvalue weighted by Gasteiger charge is -1.88. The van der Waals surface area contributed by atoms with Crippen molar-refractivity contribution in [1.29, 1.82) is 0 Å². The summed E-state index contributed by atoms with van der Waals surface area (Å²) in [6, 6.07) is 0. The topological polar surface area (TPSA) is 69.1 Å². The van der Waals surface area contributed by atoms with Gasteiger partial charge in [0.15, 0.2) is 0 Å². The minimum absolute atomic E-state index is 0.389. The third kappa shape index (κ3) is 0.877. The Morgan fingerprint density at radius 1 is 1.60 bits per heavy atom. The summed E-state index contributed by atoms with van der Waals surface area (Å²) in [5, 5.41) is 3.56. The van der Waals surface area contributed by atoms with E-state index in [1.54, 1.807) is 13.8 Å². The molecule has 0 unspecified atom stereocenters. The molecular formula is C6H8N2O2. The zero-order chi connectivity index (χ0) is 7.72. The summed E-state index contributed by atoms with van der Waals surface area (Å²) in [6.07, 6.45) is 0. The Balaban J connectivity index is 3.23. The third-order valence-electron chi connectivity index (χ3n) is 1.28. The lowest BCUT2D eigenvalue weighted by Crippen LogP contribution is -2.12. The maximum absolute atomic E-state index is 10.6. The van der Waals surface area contributed by atoms with E-state index in [0.717, 1.165) is 0 Å². The molecule has 0 atom stereocenters. The van der Waals surface area contributed by atoms with E-state index in [-0.39, 0.29) is 0 Å². The monoisotopic (exact) mass is 140 g/mol. The molecule has 0 aliphatic carbocycles. The minimum Gasteiger partial charge on any atom is -0.365 e. The summed E-state index contributed by atoms with van der Waals surface area (Å²) in [6.45, 7) is 3.33. The standard InChI is InChI=1S/C6H8N2O2/c1-3-5(6(7)9)4(2)10-8-3/h1-2H3,(H2,7,9). The fourth-order valence-electron chi connectivity index (χ4n) is 0.835. The first kappa shape index (κ1) is 6.80. The summed E-state index contributed by atoms with van der Waals surface area (Å²) < 4.78 is 4.71. The largest absolute Gasteiger partial charge is 0.365 e. The zero-order valence-corrected chi connectivity index (χ0v) is 5.84. The molecule has 1 rings (SSSR count). The molecular weight excluding hydrogens is 132 g/mol. The molecule has 4 heteroatoms. The number of amides is 1. The van der Waals surface area contributed by atoms with Crippen molar-refractivity contribution in [2.75, 3.05) is 0 Å². The highest BCUT2D eigenvalue weighted by Gasteiger charge is 2.13. The summed E-state index contributed by atoms with van der Waals surface area (Å²) >= 11 is 0. The number of hydrogen-bond acceptors (Lipinski definition) is 3. The van der Waals surface area contributed by atoms with Crippen LogP contribution >= 0.6 is 0 Å². The van der Waals surface area contributed by atoms with Crippen LogP contribution in [0.3, 0.4) is 0 Å². The van der Waals surface area contributed by atoms with Crippen molar-refractivity contribution in [3.05, 3.63) is 17.0 Å². The van der Waals surface area contributed by atoms with Gasteiger partial charge in [-0.2, -0.15) is 0 Å². The first-order chi connectivity index (χ1) is 4.63. The Kier molecular flexibility index (Phi) is 1.45. The lowest BCUT2D eigenvalue weighted by atomic mass is 10.2. The molecule has 0 saturated carbocycles. The number of aryl methyl sites for hydroxylation is 2. The van der Waals surface area contributed by atoms with Crippen molar-refractivity contribution in [3.8, 4) is 0 Å². The number of primary amides is 1. The highest BCUT2D eigenvalue weighted by molar-refractivity contribution is 5.94. The summed E-state index contributed by atoms with van der Waals surface area (Å²) in [4.78, 5) is 10.6. The first-order valence-electron chi connectivity index (χ1n) is 2.85. The van der Waals surface area contributed by atoms with Crippen LogP contribution in [0.1, 0.15) is 21.8 Å². The average molecular weight is 140 g/mol. The highest BCUT2D eigenvalue weighted by atomic mass is 16.5. The molecule has 54 valence electrons. The van der Waals surface area contributed by atoms with E-state index < -0.39 is 5.91 Å². The van der Waals surface area contributed by atoms with Gasteiger partial charge in [-0.3, -0.25) is 4.79 Å². The summed E-state index contributed by atoms with van der Waals surface area (Å²) in [5.41, 5.74) is 5.96. The molecule has 0 bridgehead atoms. The van der Waals surface area contributed by atoms with E-state index >= 15 is 0 Å². The molecule has 1 amide bonds. The molecule has 1 aromatic rings. The van der Waals surface area contributed by atoms with E-state index in [1.165, 1.54) is 0 Å². The molecule has 1 heterocycles. The van der Waals surface area contributed by atoms with Gasteiger partial charge < -0.3 is 10.3 Å². The van der Waals surface area contributed by atoms with E-state index in [9.17, 15) is 4.79 Å². The van der Waals surface area contributed by atoms with Gasteiger partial charge in [-0.15, -0.1) is 0 Å². The van der Waals surface area contributed by atoms with Crippen LogP contribution in [0.25, 0.3) is 0 Å². The van der Waals surface area contributed by atoms with Crippen molar-refractivity contribution >= 4 is 5.91 Å². The van der Waals surface area contributed by atoms with Crippen LogP contribution in [0.15, 0.2) is 4.52 Å². The van der Waals surface area contributed by atoms with Crippen molar-refractivity contribution in [2.24, 2.45) is 5.73 Å². The fraction of sp³-hybridized carbons (Fsp3) is 0.333. The van der Waals surface area contributed by atoms with E-state index in [2.05, 4.69) is 5.16 Å². The Hall–Kier alpha value is -1.32. The number of nitrogens with zero attached hydrogens (tertiary/aromatic N) is 1. The Labute approximate surface area is 58.0 Å². The summed E-state index contributed by atoms with van der Waals surface area (Å²) in [5.74, 6) is -0.0127. The van der Waals surface area contributed by atoms with Crippen molar-refractivity contribution in [3.63, 3.8) is 0 Å². The maximum Gasteiger partial charge on any atom is 0.254 e. The second kappa shape index (κ2) is 2.13. The molecule has 0 radical (unpaired) electrons. The molecule has 0 spiro atoms. The summed E-state index contributed by atoms with van der Waals surface area (Å²) in [7, 11) is 0. The number of hydrogen-bond donors (Lipinski definition) is 1. The predicted octanol–water partition coefficient (Wildman–Crippen LogP) is 0.390. The van der Waals surface area contributed by atoms with Crippen LogP contribution in [0, 0.1) is 13.8 Å². The number of rotatable bonds is 1. The van der Waals surface area contributed by atoms with Gasteiger partial charge in [0.2, 0.25) is 0 Å². The quantitative estimate of drug-likeness (QED) is 0.613. The Morgan fingerprint density at radius 3 is 2.40 bits per heavy atom. The van der Waals surface area contributed by atoms with Gasteiger partial charge in [0.05, 0.1) is 5.69 Å². The maximum atomic E-state index is 10.6. The molecule has 1 aromatic heterocycles. The molecule has 10 heavy (non-hydrogen) atoms. The number of aromatic nitrogens is 1. The fourth-order valence-corrected chi connectivity index (χ4v) is 0.835. The second-order valence-corrected chi connectivity index (χ2v) is 2.06. The average Bonchev–Trinajstić information content (AvgIpc) is 2.11. The van der Waals surface area contributed by atoms with E-state index in [1.807, 2.05) is 0 Å². The van der Waals surface area contributed by atoms with Crippen molar-refractivity contribution < 1.29 is 9.32 Å². The number of carbonyl (C=O) groups is 1. The van der Waals surface area contributed by atoms with Gasteiger partial charge in [-0.1, -0.05) is 5.16 Å². The molecule has 0 aromatic carbocycles. The predicted molar refractivity (Wildman–Crippen MR) is 34.5 cm³/mol. The first-order valence-corrected chi connectivity index (χ1v) is 2.85. The van der Waals surface area contributed by atoms with Gasteiger partial charge in [0, 0.05) is 0 Å². The van der Waals surface area contributed by atoms with Crippen LogP contribution in [-0.2, 0) is 0 Å². The van der Waals surface area contributed by atoms with Crippen LogP contribution < -0.4 is 5.73 Å². The van der Waals surface area contributed by atoms with Gasteiger partial charge >= 0.3 is 0 Å². The van der Waals surface area contributed by atoms with Gasteiger partial charge in [0.1, 0.15) is 11.3 Å². The SMILES string of the molecule is Cc1noc(C)c1C(N)=O. The minimum atomic E-state index is -0.490. The third-order valence-corrected chi connectivity index (χ3v) is 1.28. The van der Waals surface area contributed by atoms with Gasteiger partial charge in [-0.25, -0.2) is 0 Å². The van der Waals surface area contributed by atoms with Gasteiger partial charge in [0.25, 0.3) is 5.91 Å². The number of nitrogens with two attached hydrogens (primary N) is 1. The van der Waals surface area contributed by atoms with Crippen molar-refractivity contribution in [1.82, 2.24) is 5.16 Å². The number of carbonyl (C=O) groups excluding carboxylic acids is 1. The van der Waals surface area contributed by atoms with Crippen molar-refractivity contribution in [2.45, 2.75) is 13.8 Å². The molecule has 0 fully saturated rings. The molecule has 4 nitrogen and oxygen atoms in total. The van der Waals surface area contributed by atoms with E-state index in [4.69, 9.17) is 10.3 Å². The molecule has 0 saturated heterocycles. The van der Waals surface area contributed by atoms with Crippen LogP contribution in [0.4, 0.5) is 0 Å². The molecule has 0 aliphatic rings. The molecule has 2 N–H and O–H groups in total. The van der Waals surface area contributed by atoms with Crippen LogP contribution in [0.5, 0.6) is 0 Å². The van der Waals surface area contributed by atoms with Crippen LogP contribution in [0.2, 0.25) is 0 Å². The second-order valence-electron chi connectivity index (χ2n) is 2.06. The normalized spacial score (nSPS) is 9.80. The Morgan fingerprint density at radius 2 is 2.20 bits per heavy atom. The van der Waals surface area contributed by atoms with E-state index in [0.29, 0.717) is 17.0 Å².